The van der Waals surface area contributed by atoms with E-state index in [9.17, 15) is 4.39 Å². The Bertz CT molecular complexity index is 645. The maximum atomic E-state index is 12.5. The van der Waals surface area contributed by atoms with Gasteiger partial charge in [0.1, 0.15) is 30.7 Å². The molecule has 1 saturated carbocycles. The van der Waals surface area contributed by atoms with Gasteiger partial charge in [-0.1, -0.05) is 18.6 Å². The van der Waals surface area contributed by atoms with Crippen molar-refractivity contribution >= 4 is 0 Å². The Kier molecular flexibility index (Phi) is 5.80. The molecule has 130 valence electrons. The average Bonchev–Trinajstić information content (AvgIpc) is 3.02. The molecule has 0 aliphatic heterocycles. The zero-order valence-corrected chi connectivity index (χ0v) is 14.1. The molecule has 24 heavy (non-hydrogen) atoms. The van der Waals surface area contributed by atoms with Crippen molar-refractivity contribution < 1.29 is 9.13 Å². The number of aryl methyl sites for hydroxylation is 2. The molecular formula is C18H25FN4O. The summed E-state index contributed by atoms with van der Waals surface area (Å²) >= 11 is 0. The van der Waals surface area contributed by atoms with Crippen LogP contribution in [0.5, 0.6) is 5.75 Å². The van der Waals surface area contributed by atoms with E-state index in [4.69, 9.17) is 4.74 Å². The van der Waals surface area contributed by atoms with E-state index in [1.807, 2.05) is 12.1 Å². The number of ether oxygens (including phenoxy) is 1. The summed E-state index contributed by atoms with van der Waals surface area (Å²) in [7, 11) is 0. The normalized spacial score (nSPS) is 20.9. The molecule has 0 spiro atoms. The van der Waals surface area contributed by atoms with Gasteiger partial charge in [0.2, 0.25) is 0 Å². The van der Waals surface area contributed by atoms with Crippen LogP contribution < -0.4 is 10.1 Å². The molecule has 3 rings (SSSR count). The Balaban J connectivity index is 1.61. The van der Waals surface area contributed by atoms with Crippen molar-refractivity contribution in [2.45, 2.75) is 57.8 Å². The number of aromatic nitrogens is 3. The van der Waals surface area contributed by atoms with Gasteiger partial charge in [-0.15, -0.1) is 0 Å². The predicted octanol–water partition coefficient (Wildman–Crippen LogP) is 3.04. The number of rotatable bonds is 7. The van der Waals surface area contributed by atoms with Gasteiger partial charge in [-0.25, -0.2) is 14.1 Å². The molecule has 0 saturated heterocycles. The van der Waals surface area contributed by atoms with Crippen molar-refractivity contribution in [1.82, 2.24) is 20.1 Å². The Morgan fingerprint density at radius 2 is 2.21 bits per heavy atom. The van der Waals surface area contributed by atoms with Gasteiger partial charge < -0.3 is 10.1 Å². The van der Waals surface area contributed by atoms with Crippen LogP contribution in [0.2, 0.25) is 0 Å². The minimum absolute atomic E-state index is 0.151. The maximum absolute atomic E-state index is 12.5. The SMILES string of the molecule is Cc1cccc(O[C@H]2CCCC[C@H]2NCc2ncnn2CCF)c1. The number of halogens is 1. The molecule has 0 radical (unpaired) electrons. The van der Waals surface area contributed by atoms with E-state index < -0.39 is 6.67 Å². The molecule has 1 aromatic heterocycles. The van der Waals surface area contributed by atoms with Crippen molar-refractivity contribution in [3.63, 3.8) is 0 Å². The average molecular weight is 332 g/mol. The first kappa shape index (κ1) is 16.9. The first-order chi connectivity index (χ1) is 11.8. The minimum Gasteiger partial charge on any atom is -0.489 e. The lowest BCUT2D eigenvalue weighted by atomic mass is 9.92. The Morgan fingerprint density at radius 1 is 1.33 bits per heavy atom. The first-order valence-electron chi connectivity index (χ1n) is 8.65. The van der Waals surface area contributed by atoms with E-state index in [0.717, 1.165) is 24.4 Å². The third kappa shape index (κ3) is 4.32. The topological polar surface area (TPSA) is 52.0 Å². The minimum atomic E-state index is -0.432. The lowest BCUT2D eigenvalue weighted by molar-refractivity contribution is 0.112. The fourth-order valence-corrected chi connectivity index (χ4v) is 3.25. The van der Waals surface area contributed by atoms with Crippen LogP contribution in [-0.2, 0) is 13.1 Å². The van der Waals surface area contributed by atoms with Crippen LogP contribution >= 0.6 is 0 Å². The van der Waals surface area contributed by atoms with Gasteiger partial charge in [-0.3, -0.25) is 0 Å². The van der Waals surface area contributed by atoms with E-state index in [1.165, 1.54) is 24.7 Å². The van der Waals surface area contributed by atoms with Crippen molar-refractivity contribution in [2.24, 2.45) is 0 Å². The fourth-order valence-electron chi connectivity index (χ4n) is 3.25. The molecule has 0 bridgehead atoms. The third-order valence-corrected chi connectivity index (χ3v) is 4.49. The molecule has 6 heteroatoms. The van der Waals surface area contributed by atoms with Gasteiger partial charge in [0.25, 0.3) is 0 Å². The second kappa shape index (κ2) is 8.24. The summed E-state index contributed by atoms with van der Waals surface area (Å²) in [4.78, 5) is 4.22. The standard InChI is InChI=1S/C18H25FN4O/c1-14-5-4-6-15(11-14)24-17-8-3-2-7-16(17)20-12-18-21-13-22-23(18)10-9-19/h4-6,11,13,16-17,20H,2-3,7-10,12H2,1H3/t16-,17+/m1/s1. The van der Waals surface area contributed by atoms with Crippen LogP contribution in [0.15, 0.2) is 30.6 Å². The largest absolute Gasteiger partial charge is 0.489 e. The highest BCUT2D eigenvalue weighted by Gasteiger charge is 2.26. The highest BCUT2D eigenvalue weighted by atomic mass is 19.1. The second-order valence-electron chi connectivity index (χ2n) is 6.33. The molecule has 2 aromatic rings. The molecule has 0 amide bonds. The summed E-state index contributed by atoms with van der Waals surface area (Å²) in [6, 6.07) is 8.45. The lowest BCUT2D eigenvalue weighted by Gasteiger charge is -2.32. The summed E-state index contributed by atoms with van der Waals surface area (Å²) in [5, 5.41) is 7.60. The molecular weight excluding hydrogens is 307 g/mol. The third-order valence-electron chi connectivity index (χ3n) is 4.49. The highest BCUT2D eigenvalue weighted by Crippen LogP contribution is 2.24. The van der Waals surface area contributed by atoms with Crippen LogP contribution in [0.25, 0.3) is 0 Å². The zero-order chi connectivity index (χ0) is 16.8. The first-order valence-corrected chi connectivity index (χ1v) is 8.65. The van der Waals surface area contributed by atoms with Gasteiger partial charge >= 0.3 is 0 Å². The van der Waals surface area contributed by atoms with Crippen LogP contribution in [-0.4, -0.2) is 33.6 Å². The molecule has 1 aromatic carbocycles. The smallest absolute Gasteiger partial charge is 0.140 e. The van der Waals surface area contributed by atoms with Crippen LogP contribution in [0.3, 0.4) is 0 Å². The molecule has 1 fully saturated rings. The Hall–Kier alpha value is -1.95. The zero-order valence-electron chi connectivity index (χ0n) is 14.1. The summed E-state index contributed by atoms with van der Waals surface area (Å²) in [6.45, 7) is 2.48. The van der Waals surface area contributed by atoms with Gasteiger partial charge in [0, 0.05) is 6.04 Å². The summed E-state index contributed by atoms with van der Waals surface area (Å²) in [5.74, 6) is 1.70. The molecule has 5 nitrogen and oxygen atoms in total. The lowest BCUT2D eigenvalue weighted by Crippen LogP contribution is -2.45. The van der Waals surface area contributed by atoms with E-state index in [0.29, 0.717) is 6.54 Å². The van der Waals surface area contributed by atoms with Crippen LogP contribution in [0.4, 0.5) is 4.39 Å². The molecule has 1 aliphatic carbocycles. The number of nitrogens with one attached hydrogen (secondary N) is 1. The van der Waals surface area contributed by atoms with Gasteiger partial charge in [-0.05, 0) is 43.9 Å². The number of benzene rings is 1. The predicted molar refractivity (Wildman–Crippen MR) is 90.7 cm³/mol. The Labute approximate surface area is 142 Å². The van der Waals surface area contributed by atoms with E-state index in [1.54, 1.807) is 4.68 Å². The maximum Gasteiger partial charge on any atom is 0.140 e. The number of nitrogens with zero attached hydrogens (tertiary/aromatic N) is 3. The van der Waals surface area contributed by atoms with E-state index in [-0.39, 0.29) is 18.7 Å². The van der Waals surface area contributed by atoms with Crippen molar-refractivity contribution in [2.75, 3.05) is 6.67 Å². The molecule has 1 heterocycles. The highest BCUT2D eigenvalue weighted by molar-refractivity contribution is 5.27. The van der Waals surface area contributed by atoms with Crippen molar-refractivity contribution in [3.8, 4) is 5.75 Å². The Morgan fingerprint density at radius 3 is 3.04 bits per heavy atom. The van der Waals surface area contributed by atoms with Crippen molar-refractivity contribution in [1.29, 1.82) is 0 Å². The summed E-state index contributed by atoms with van der Waals surface area (Å²) < 4.78 is 20.4. The van der Waals surface area contributed by atoms with Crippen LogP contribution in [0, 0.1) is 6.92 Å². The van der Waals surface area contributed by atoms with Crippen LogP contribution in [0.1, 0.15) is 37.1 Å². The summed E-state index contributed by atoms with van der Waals surface area (Å²) in [5.41, 5.74) is 1.20. The fraction of sp³-hybridized carbons (Fsp3) is 0.556. The monoisotopic (exact) mass is 332 g/mol. The second-order valence-corrected chi connectivity index (χ2v) is 6.33. The van der Waals surface area contributed by atoms with E-state index in [2.05, 4.69) is 34.5 Å². The number of hydrogen-bond donors (Lipinski definition) is 1. The number of alkyl halides is 1. The van der Waals surface area contributed by atoms with Gasteiger partial charge in [0.05, 0.1) is 13.1 Å². The van der Waals surface area contributed by atoms with Gasteiger partial charge in [0.15, 0.2) is 0 Å². The van der Waals surface area contributed by atoms with Crippen molar-refractivity contribution in [3.05, 3.63) is 42.0 Å². The molecule has 2 atom stereocenters. The molecule has 1 N–H and O–H groups in total. The number of hydrogen-bond acceptors (Lipinski definition) is 4. The summed E-state index contributed by atoms with van der Waals surface area (Å²) in [6.07, 6.45) is 6.14. The van der Waals surface area contributed by atoms with Gasteiger partial charge in [-0.2, -0.15) is 5.10 Å². The quantitative estimate of drug-likeness (QED) is 0.847. The van der Waals surface area contributed by atoms with E-state index >= 15 is 0 Å². The molecule has 0 unspecified atom stereocenters. The molecule has 1 aliphatic rings.